The van der Waals surface area contributed by atoms with Crippen LogP contribution in [-0.4, -0.2) is 11.2 Å². The second-order valence-corrected chi connectivity index (χ2v) is 4.39. The highest BCUT2D eigenvalue weighted by molar-refractivity contribution is 5.15. The molecule has 1 N–H and O–H groups in total. The van der Waals surface area contributed by atoms with Crippen LogP contribution in [0.4, 0.5) is 0 Å². The first-order valence-electron chi connectivity index (χ1n) is 5.66. The summed E-state index contributed by atoms with van der Waals surface area (Å²) in [6.45, 7) is 3.76. The van der Waals surface area contributed by atoms with Gasteiger partial charge in [-0.1, -0.05) is 36.4 Å². The van der Waals surface area contributed by atoms with E-state index in [0.717, 1.165) is 19.3 Å². The molecule has 0 saturated heterocycles. The van der Waals surface area contributed by atoms with Crippen molar-refractivity contribution >= 4 is 0 Å². The quantitative estimate of drug-likeness (QED) is 0.728. The summed E-state index contributed by atoms with van der Waals surface area (Å²) in [5.74, 6) is 1.04. The van der Waals surface area contributed by atoms with E-state index in [1.807, 2.05) is 24.3 Å². The van der Waals surface area contributed by atoms with Gasteiger partial charge in [-0.2, -0.15) is 0 Å². The van der Waals surface area contributed by atoms with E-state index in [2.05, 4.69) is 18.7 Å². The van der Waals surface area contributed by atoms with Gasteiger partial charge in [-0.15, -0.1) is 6.58 Å². The van der Waals surface area contributed by atoms with Gasteiger partial charge in [-0.3, -0.25) is 0 Å². The van der Waals surface area contributed by atoms with Crippen LogP contribution in [0.15, 0.2) is 43.0 Å². The molecule has 2 rings (SSSR count). The molecule has 1 fully saturated rings. The molecule has 0 aliphatic heterocycles. The molecule has 1 aromatic rings. The van der Waals surface area contributed by atoms with E-state index in [0.29, 0.717) is 11.8 Å². The largest absolute Gasteiger partial charge is 0.393 e. The summed E-state index contributed by atoms with van der Waals surface area (Å²) in [6, 6.07) is 10.3. The molecule has 1 aliphatic rings. The van der Waals surface area contributed by atoms with Crippen molar-refractivity contribution in [2.24, 2.45) is 11.8 Å². The lowest BCUT2D eigenvalue weighted by molar-refractivity contribution is 0.138. The molecule has 0 aromatic heterocycles. The molecular formula is C14H18O. The van der Waals surface area contributed by atoms with E-state index in [-0.39, 0.29) is 6.10 Å². The summed E-state index contributed by atoms with van der Waals surface area (Å²) in [6.07, 6.45) is 4.80. The third kappa shape index (κ3) is 2.69. The molecule has 0 heterocycles. The molecule has 15 heavy (non-hydrogen) atoms. The molecule has 0 bridgehead atoms. The number of aliphatic hydroxyl groups excluding tert-OH is 1. The van der Waals surface area contributed by atoms with Gasteiger partial charge in [0.2, 0.25) is 0 Å². The van der Waals surface area contributed by atoms with E-state index in [4.69, 9.17) is 0 Å². The summed E-state index contributed by atoms with van der Waals surface area (Å²) in [5.41, 5.74) is 1.31. The van der Waals surface area contributed by atoms with Crippen LogP contribution in [0, 0.1) is 11.8 Å². The Morgan fingerprint density at radius 3 is 2.73 bits per heavy atom. The van der Waals surface area contributed by atoms with Gasteiger partial charge in [0.05, 0.1) is 6.10 Å². The van der Waals surface area contributed by atoms with Gasteiger partial charge < -0.3 is 5.11 Å². The normalized spacial score (nSPS) is 25.9. The fourth-order valence-electron chi connectivity index (χ4n) is 2.12. The Bertz CT molecular complexity index is 317. The van der Waals surface area contributed by atoms with Crippen molar-refractivity contribution < 1.29 is 5.11 Å². The first-order chi connectivity index (χ1) is 7.31. The van der Waals surface area contributed by atoms with Crippen LogP contribution < -0.4 is 0 Å². The van der Waals surface area contributed by atoms with E-state index in [9.17, 15) is 5.11 Å². The number of aliphatic hydroxyl groups is 1. The van der Waals surface area contributed by atoms with Crippen LogP contribution in [0.3, 0.4) is 0 Å². The van der Waals surface area contributed by atoms with Crippen molar-refractivity contribution in [3.05, 3.63) is 48.6 Å². The lowest BCUT2D eigenvalue weighted by Crippen LogP contribution is -2.11. The monoisotopic (exact) mass is 202 g/mol. The van der Waals surface area contributed by atoms with E-state index in [1.165, 1.54) is 5.56 Å². The zero-order valence-corrected chi connectivity index (χ0v) is 8.97. The maximum atomic E-state index is 9.90. The van der Waals surface area contributed by atoms with Crippen molar-refractivity contribution in [1.82, 2.24) is 0 Å². The fraction of sp³-hybridized carbons (Fsp3) is 0.429. The van der Waals surface area contributed by atoms with Gasteiger partial charge in [0.15, 0.2) is 0 Å². The third-order valence-electron chi connectivity index (χ3n) is 3.26. The van der Waals surface area contributed by atoms with Crippen LogP contribution >= 0.6 is 0 Å². The zero-order valence-electron chi connectivity index (χ0n) is 8.97. The van der Waals surface area contributed by atoms with Crippen molar-refractivity contribution in [3.63, 3.8) is 0 Å². The fourth-order valence-corrected chi connectivity index (χ4v) is 2.12. The van der Waals surface area contributed by atoms with Gasteiger partial charge in [0.1, 0.15) is 0 Å². The van der Waals surface area contributed by atoms with Crippen molar-refractivity contribution in [2.45, 2.75) is 25.4 Å². The highest BCUT2D eigenvalue weighted by Gasteiger charge is 2.39. The van der Waals surface area contributed by atoms with E-state index in [1.54, 1.807) is 0 Å². The number of allylic oxidation sites excluding steroid dienone is 1. The molecule has 0 spiro atoms. The number of aryl methyl sites for hydroxylation is 1. The molecule has 1 aromatic carbocycles. The maximum Gasteiger partial charge on any atom is 0.0577 e. The molecule has 0 radical (unpaired) electrons. The summed E-state index contributed by atoms with van der Waals surface area (Å²) in [7, 11) is 0. The standard InChI is InChI=1S/C14H18O/c1-2-12-10-13(12)14(15)9-8-11-6-4-3-5-7-11/h2-7,12-15H,1,8-10H2/t12-,13-,14+/m0/s1. The Kier molecular flexibility index (Phi) is 3.22. The number of rotatable bonds is 5. The topological polar surface area (TPSA) is 20.2 Å². The minimum Gasteiger partial charge on any atom is -0.393 e. The lowest BCUT2D eigenvalue weighted by Gasteiger charge is -2.09. The van der Waals surface area contributed by atoms with E-state index < -0.39 is 0 Å². The van der Waals surface area contributed by atoms with Gasteiger partial charge in [0, 0.05) is 0 Å². The van der Waals surface area contributed by atoms with Crippen LogP contribution in [0.25, 0.3) is 0 Å². The lowest BCUT2D eigenvalue weighted by atomic mass is 10.0. The van der Waals surface area contributed by atoms with Crippen molar-refractivity contribution in [3.8, 4) is 0 Å². The SMILES string of the molecule is C=C[C@H]1C[C@@H]1[C@H](O)CCc1ccccc1. The Labute approximate surface area is 91.4 Å². The molecule has 1 aliphatic carbocycles. The Morgan fingerprint density at radius 1 is 1.40 bits per heavy atom. The van der Waals surface area contributed by atoms with E-state index >= 15 is 0 Å². The predicted octanol–water partition coefficient (Wildman–Crippen LogP) is 2.80. The maximum absolute atomic E-state index is 9.90. The summed E-state index contributed by atoms with van der Waals surface area (Å²) >= 11 is 0. The summed E-state index contributed by atoms with van der Waals surface area (Å²) in [5, 5.41) is 9.90. The van der Waals surface area contributed by atoms with Crippen LogP contribution in [0.1, 0.15) is 18.4 Å². The van der Waals surface area contributed by atoms with Gasteiger partial charge in [-0.05, 0) is 36.7 Å². The number of hydrogen-bond donors (Lipinski definition) is 1. The first kappa shape index (κ1) is 10.4. The molecule has 3 atom stereocenters. The second-order valence-electron chi connectivity index (χ2n) is 4.39. The molecule has 0 amide bonds. The Morgan fingerprint density at radius 2 is 2.13 bits per heavy atom. The predicted molar refractivity (Wildman–Crippen MR) is 62.6 cm³/mol. The minimum atomic E-state index is -0.145. The molecule has 80 valence electrons. The van der Waals surface area contributed by atoms with Crippen LogP contribution in [-0.2, 0) is 6.42 Å². The number of benzene rings is 1. The highest BCUT2D eigenvalue weighted by Crippen LogP contribution is 2.43. The molecule has 1 nitrogen and oxygen atoms in total. The smallest absolute Gasteiger partial charge is 0.0577 e. The first-order valence-corrected chi connectivity index (χ1v) is 5.66. The Hall–Kier alpha value is -1.08. The van der Waals surface area contributed by atoms with Gasteiger partial charge in [-0.25, -0.2) is 0 Å². The molecular weight excluding hydrogens is 184 g/mol. The van der Waals surface area contributed by atoms with Crippen LogP contribution in [0.2, 0.25) is 0 Å². The van der Waals surface area contributed by atoms with Crippen LogP contribution in [0.5, 0.6) is 0 Å². The minimum absolute atomic E-state index is 0.145. The highest BCUT2D eigenvalue weighted by atomic mass is 16.3. The number of hydrogen-bond acceptors (Lipinski definition) is 1. The summed E-state index contributed by atoms with van der Waals surface area (Å²) in [4.78, 5) is 0. The average Bonchev–Trinajstić information content (AvgIpc) is 3.06. The Balaban J connectivity index is 1.77. The van der Waals surface area contributed by atoms with Gasteiger partial charge in [0.25, 0.3) is 0 Å². The zero-order chi connectivity index (χ0) is 10.7. The van der Waals surface area contributed by atoms with Crippen molar-refractivity contribution in [1.29, 1.82) is 0 Å². The molecule has 0 unspecified atom stereocenters. The van der Waals surface area contributed by atoms with Gasteiger partial charge >= 0.3 is 0 Å². The molecule has 1 heteroatoms. The third-order valence-corrected chi connectivity index (χ3v) is 3.26. The second kappa shape index (κ2) is 4.63. The average molecular weight is 202 g/mol. The van der Waals surface area contributed by atoms with Crippen molar-refractivity contribution in [2.75, 3.05) is 0 Å². The summed E-state index contributed by atoms with van der Waals surface area (Å²) < 4.78 is 0. The molecule has 1 saturated carbocycles.